The van der Waals surface area contributed by atoms with E-state index < -0.39 is 24.1 Å². The van der Waals surface area contributed by atoms with E-state index in [1.54, 1.807) is 12.3 Å². The van der Waals surface area contributed by atoms with Crippen LogP contribution in [0.3, 0.4) is 0 Å². The first-order chi connectivity index (χ1) is 18.8. The van der Waals surface area contributed by atoms with Gasteiger partial charge in [-0.05, 0) is 37.2 Å². The van der Waals surface area contributed by atoms with Gasteiger partial charge in [-0.3, -0.25) is 4.90 Å². The summed E-state index contributed by atoms with van der Waals surface area (Å²) in [7, 11) is 2.14. The van der Waals surface area contributed by atoms with E-state index in [9.17, 15) is 17.6 Å². The number of aromatic nitrogens is 5. The van der Waals surface area contributed by atoms with Crippen LogP contribution in [0.25, 0.3) is 22.3 Å². The number of aryl methyl sites for hydroxylation is 1. The first kappa shape index (κ1) is 24.4. The molecule has 1 spiro atoms. The monoisotopic (exact) mass is 538 g/mol. The molecule has 0 radical (unpaired) electrons. The molecular weight excluding hydrogens is 512 g/mol. The highest BCUT2D eigenvalue weighted by molar-refractivity contribution is 5.83. The Morgan fingerprint density at radius 2 is 1.85 bits per heavy atom. The summed E-state index contributed by atoms with van der Waals surface area (Å²) in [6, 6.07) is 5.26. The summed E-state index contributed by atoms with van der Waals surface area (Å²) in [6.07, 6.45) is 0.708. The van der Waals surface area contributed by atoms with Crippen LogP contribution in [0.1, 0.15) is 23.9 Å². The average Bonchev–Trinajstić information content (AvgIpc) is 3.44. The molecule has 2 saturated heterocycles. The number of hydrogen-bond acceptors (Lipinski definition) is 7. The molecule has 3 aliphatic rings. The number of alkyl halides is 2. The minimum atomic E-state index is -2.62. The SMILES string of the molecule is CN1CC2(C1)CN(Cc1ccc(Nc3ncc(F)c(-c4cc(F)c5nc6n(c5c4)C(C(F)F)CC6)n3)nc1)C2. The van der Waals surface area contributed by atoms with E-state index in [1.165, 1.54) is 10.6 Å². The summed E-state index contributed by atoms with van der Waals surface area (Å²) in [5.74, 6) is -0.531. The minimum absolute atomic E-state index is 0.00961. The van der Waals surface area contributed by atoms with Gasteiger partial charge in [0.05, 0.1) is 17.8 Å². The highest BCUT2D eigenvalue weighted by Gasteiger charge is 2.49. The molecule has 2 fully saturated rings. The predicted molar refractivity (Wildman–Crippen MR) is 137 cm³/mol. The third-order valence-corrected chi connectivity index (χ3v) is 7.93. The molecule has 1 atom stereocenters. The maximum atomic E-state index is 15.0. The molecule has 8 nitrogen and oxygen atoms in total. The number of nitrogens with one attached hydrogen (secondary N) is 1. The molecule has 3 aromatic heterocycles. The van der Waals surface area contributed by atoms with Gasteiger partial charge in [0.1, 0.15) is 22.9 Å². The van der Waals surface area contributed by atoms with Gasteiger partial charge in [-0.15, -0.1) is 0 Å². The lowest BCUT2D eigenvalue weighted by atomic mass is 9.73. The molecule has 4 aromatic rings. The zero-order valence-corrected chi connectivity index (χ0v) is 21.2. The molecule has 6 heterocycles. The Hall–Kier alpha value is -3.64. The molecule has 0 amide bonds. The van der Waals surface area contributed by atoms with E-state index in [0.29, 0.717) is 23.5 Å². The molecule has 1 unspecified atom stereocenters. The Morgan fingerprint density at radius 3 is 2.56 bits per heavy atom. The predicted octanol–water partition coefficient (Wildman–Crippen LogP) is 4.41. The summed E-state index contributed by atoms with van der Waals surface area (Å²) < 4.78 is 58.3. The first-order valence-corrected chi connectivity index (χ1v) is 12.9. The average molecular weight is 539 g/mol. The van der Waals surface area contributed by atoms with Crippen LogP contribution >= 0.6 is 0 Å². The van der Waals surface area contributed by atoms with Crippen molar-refractivity contribution >= 4 is 22.8 Å². The van der Waals surface area contributed by atoms with Gasteiger partial charge in [0.25, 0.3) is 6.43 Å². The lowest BCUT2D eigenvalue weighted by Gasteiger charge is -2.59. The number of anilines is 2. The zero-order valence-electron chi connectivity index (χ0n) is 21.2. The van der Waals surface area contributed by atoms with E-state index in [2.05, 4.69) is 42.1 Å². The van der Waals surface area contributed by atoms with Crippen molar-refractivity contribution in [2.24, 2.45) is 5.41 Å². The van der Waals surface area contributed by atoms with Crippen LogP contribution < -0.4 is 5.32 Å². The van der Waals surface area contributed by atoms with Crippen molar-refractivity contribution in [2.45, 2.75) is 31.9 Å². The van der Waals surface area contributed by atoms with Crippen molar-refractivity contribution in [3.05, 3.63) is 59.7 Å². The number of imidazole rings is 1. The molecule has 0 bridgehead atoms. The fourth-order valence-corrected chi connectivity index (χ4v) is 6.44. The summed E-state index contributed by atoms with van der Waals surface area (Å²) >= 11 is 0. The van der Waals surface area contributed by atoms with Crippen LogP contribution in [0.2, 0.25) is 0 Å². The van der Waals surface area contributed by atoms with Gasteiger partial charge in [0.15, 0.2) is 11.6 Å². The van der Waals surface area contributed by atoms with E-state index in [0.717, 1.165) is 50.6 Å². The molecule has 39 heavy (non-hydrogen) atoms. The van der Waals surface area contributed by atoms with Gasteiger partial charge in [-0.25, -0.2) is 37.5 Å². The lowest BCUT2D eigenvalue weighted by Crippen LogP contribution is -2.70. The largest absolute Gasteiger partial charge is 0.319 e. The molecule has 0 saturated carbocycles. The second kappa shape index (κ2) is 8.95. The molecule has 12 heteroatoms. The van der Waals surface area contributed by atoms with E-state index in [1.807, 2.05) is 6.07 Å². The molecule has 0 aliphatic carbocycles. The summed E-state index contributed by atoms with van der Waals surface area (Å²) in [6.45, 7) is 5.34. The van der Waals surface area contributed by atoms with Crippen LogP contribution in [0.4, 0.5) is 29.3 Å². The van der Waals surface area contributed by atoms with Crippen molar-refractivity contribution < 1.29 is 17.6 Å². The van der Waals surface area contributed by atoms with Gasteiger partial charge < -0.3 is 14.8 Å². The van der Waals surface area contributed by atoms with Crippen LogP contribution in [0, 0.1) is 17.0 Å². The molecule has 7 rings (SSSR count). The topological polar surface area (TPSA) is 75.0 Å². The van der Waals surface area contributed by atoms with Crippen LogP contribution in [0.5, 0.6) is 0 Å². The van der Waals surface area contributed by atoms with Crippen molar-refractivity contribution in [2.75, 3.05) is 38.5 Å². The zero-order chi connectivity index (χ0) is 26.9. The first-order valence-electron chi connectivity index (χ1n) is 12.9. The van der Waals surface area contributed by atoms with Gasteiger partial charge in [-0.1, -0.05) is 6.07 Å². The van der Waals surface area contributed by atoms with E-state index >= 15 is 0 Å². The van der Waals surface area contributed by atoms with E-state index in [4.69, 9.17) is 0 Å². The number of fused-ring (bicyclic) bond motifs is 3. The lowest BCUT2D eigenvalue weighted by molar-refractivity contribution is -0.108. The van der Waals surface area contributed by atoms with Crippen molar-refractivity contribution in [3.8, 4) is 11.3 Å². The van der Waals surface area contributed by atoms with Crippen molar-refractivity contribution in [1.82, 2.24) is 34.3 Å². The third-order valence-electron chi connectivity index (χ3n) is 7.93. The molecule has 1 aromatic carbocycles. The minimum Gasteiger partial charge on any atom is -0.319 e. The van der Waals surface area contributed by atoms with Gasteiger partial charge in [0.2, 0.25) is 5.95 Å². The summed E-state index contributed by atoms with van der Waals surface area (Å²) in [5.41, 5.74) is 1.70. The normalized spacial score (nSPS) is 20.4. The number of nitrogens with zero attached hydrogens (tertiary/aromatic N) is 7. The highest BCUT2D eigenvalue weighted by atomic mass is 19.3. The second-order valence-corrected chi connectivity index (χ2v) is 11.0. The number of pyridine rings is 1. The maximum Gasteiger partial charge on any atom is 0.259 e. The van der Waals surface area contributed by atoms with Gasteiger partial charge >= 0.3 is 0 Å². The number of rotatable bonds is 6. The Morgan fingerprint density at radius 1 is 1.03 bits per heavy atom. The Bertz CT molecular complexity index is 1560. The standard InChI is InChI=1S/C27H26F4N8/c1-37-11-27(12-37)13-38(14-27)10-15-2-4-21(32-8-15)34-26-33-9-18(29)23(36-26)16-6-17(28)24-20(7-16)39-19(25(30)31)3-5-22(39)35-24/h2,4,6-9,19,25H,3,5,10-14H2,1H3,(H,32,33,34,36). The molecule has 202 valence electrons. The Labute approximate surface area is 221 Å². The maximum absolute atomic E-state index is 15.0. The van der Waals surface area contributed by atoms with Gasteiger partial charge in [-0.2, -0.15) is 0 Å². The van der Waals surface area contributed by atoms with Crippen molar-refractivity contribution in [1.29, 1.82) is 0 Å². The highest BCUT2D eigenvalue weighted by Crippen LogP contribution is 2.39. The van der Waals surface area contributed by atoms with Crippen LogP contribution in [0.15, 0.2) is 36.7 Å². The fourth-order valence-electron chi connectivity index (χ4n) is 6.44. The van der Waals surface area contributed by atoms with Crippen LogP contribution in [-0.4, -0.2) is 74.0 Å². The Kier molecular flexibility index (Phi) is 5.60. The third kappa shape index (κ3) is 4.22. The van der Waals surface area contributed by atoms with Gasteiger partial charge in [0, 0.05) is 56.3 Å². The van der Waals surface area contributed by atoms with Crippen molar-refractivity contribution in [3.63, 3.8) is 0 Å². The van der Waals surface area contributed by atoms with Crippen LogP contribution in [-0.2, 0) is 13.0 Å². The fraction of sp³-hybridized carbons (Fsp3) is 0.407. The molecule has 3 aliphatic heterocycles. The molecule has 1 N–H and O–H groups in total. The number of likely N-dealkylation sites (tertiary alicyclic amines) is 2. The number of hydrogen-bond donors (Lipinski definition) is 1. The summed E-state index contributed by atoms with van der Waals surface area (Å²) in [5, 5.41) is 2.97. The summed E-state index contributed by atoms with van der Waals surface area (Å²) in [4.78, 5) is 21.6. The van der Waals surface area contributed by atoms with E-state index in [-0.39, 0.29) is 34.7 Å². The quantitative estimate of drug-likeness (QED) is 0.365. The smallest absolute Gasteiger partial charge is 0.259 e. The number of halogens is 4. The Balaban J connectivity index is 1.10. The molecular formula is C27H26F4N8. The number of benzene rings is 1. The second-order valence-electron chi connectivity index (χ2n) is 11.0.